The van der Waals surface area contributed by atoms with Gasteiger partial charge in [0, 0.05) is 58.3 Å². The van der Waals surface area contributed by atoms with Crippen LogP contribution in [0.25, 0.3) is 0 Å². The van der Waals surface area contributed by atoms with Crippen LogP contribution in [-0.4, -0.2) is 276 Å². The molecule has 7 unspecified atom stereocenters. The van der Waals surface area contributed by atoms with Crippen LogP contribution in [0.4, 0.5) is 0 Å². The normalized spacial score (nSPS) is 18.6. The van der Waals surface area contributed by atoms with Crippen LogP contribution in [0.15, 0.2) is 12.4 Å². The Balaban J connectivity index is 1.03. The molecule has 4 heterocycles. The van der Waals surface area contributed by atoms with Gasteiger partial charge in [-0.3, -0.25) is 24.2 Å². The Morgan fingerprint density at radius 1 is 0.551 bits per heavy atom. The van der Waals surface area contributed by atoms with Crippen LogP contribution in [0.3, 0.4) is 0 Å². The van der Waals surface area contributed by atoms with Crippen molar-refractivity contribution in [2.45, 2.75) is 78.5 Å². The Bertz CT molecular complexity index is 2220. The van der Waals surface area contributed by atoms with Gasteiger partial charge in [0.2, 0.25) is 0 Å². The lowest BCUT2D eigenvalue weighted by molar-refractivity contribution is -0.236. The van der Waals surface area contributed by atoms with Gasteiger partial charge in [-0.1, -0.05) is 10.4 Å². The molecule has 0 spiro atoms. The fraction of sp³-hybridized carbons (Fsp3) is 0.851. The van der Waals surface area contributed by atoms with Gasteiger partial charge in [-0.2, -0.15) is 0 Å². The lowest BCUT2D eigenvalue weighted by Crippen LogP contribution is -2.52. The van der Waals surface area contributed by atoms with E-state index in [4.69, 9.17) is 52.1 Å². The van der Waals surface area contributed by atoms with Crippen molar-refractivity contribution in [3.8, 4) is 0 Å². The maximum atomic E-state index is 12.8. The van der Waals surface area contributed by atoms with E-state index in [0.717, 1.165) is 11.4 Å². The van der Waals surface area contributed by atoms with Gasteiger partial charge in [-0.05, 0) is 27.7 Å². The number of aliphatic hydroxyl groups excluding tert-OH is 2. The average molecular weight is 1160 g/mol. The largest absolute Gasteiger partial charge is 0.481 e. The number of hydrogen-bond acceptors (Lipinski definition) is 26. The van der Waals surface area contributed by atoms with Crippen molar-refractivity contribution in [2.24, 2.45) is 17.8 Å². The minimum Gasteiger partial charge on any atom is -0.481 e. The highest BCUT2D eigenvalue weighted by molar-refractivity contribution is 7.91. The van der Waals surface area contributed by atoms with Gasteiger partial charge < -0.3 is 67.4 Å². The number of carboxylic acid groups (broad SMARTS) is 1. The molecule has 2 aliphatic heterocycles. The highest BCUT2D eigenvalue weighted by atomic mass is 32.2. The number of sulfone groups is 2. The zero-order valence-corrected chi connectivity index (χ0v) is 46.9. The quantitative estimate of drug-likeness (QED) is 0.0357. The van der Waals surface area contributed by atoms with Gasteiger partial charge in [-0.25, -0.2) is 26.2 Å². The summed E-state index contributed by atoms with van der Waals surface area (Å²) in [6, 6.07) is 0. The van der Waals surface area contributed by atoms with Gasteiger partial charge in [0.05, 0.1) is 164 Å². The van der Waals surface area contributed by atoms with E-state index >= 15 is 0 Å². The highest BCUT2D eigenvalue weighted by Crippen LogP contribution is 2.22. The molecule has 2 aliphatic rings. The molecule has 448 valence electrons. The third kappa shape index (κ3) is 26.6. The van der Waals surface area contributed by atoms with Gasteiger partial charge in [0.15, 0.2) is 26.0 Å². The number of esters is 2. The first kappa shape index (κ1) is 66.6. The molecule has 7 atom stereocenters. The van der Waals surface area contributed by atoms with Crippen molar-refractivity contribution < 1.29 is 98.6 Å². The van der Waals surface area contributed by atoms with Crippen LogP contribution in [0.1, 0.15) is 39.1 Å². The second kappa shape index (κ2) is 36.4. The molecule has 0 amide bonds. The predicted molar refractivity (Wildman–Crippen MR) is 273 cm³/mol. The first-order valence-electron chi connectivity index (χ1n) is 26.2. The molecule has 0 radical (unpaired) electrons. The third-order valence-electron chi connectivity index (χ3n) is 12.2. The second-order valence-corrected chi connectivity index (χ2v) is 23.3. The van der Waals surface area contributed by atoms with Crippen molar-refractivity contribution in [3.63, 3.8) is 0 Å². The molecule has 0 bridgehead atoms. The highest BCUT2D eigenvalue weighted by Gasteiger charge is 2.41. The summed E-state index contributed by atoms with van der Waals surface area (Å²) in [5.41, 5.74) is 1.52. The van der Waals surface area contributed by atoms with Gasteiger partial charge in [0.1, 0.15) is 25.4 Å². The number of rotatable bonds is 43. The zero-order chi connectivity index (χ0) is 56.8. The molecule has 78 heavy (non-hydrogen) atoms. The summed E-state index contributed by atoms with van der Waals surface area (Å²) in [5.74, 6) is -5.31. The van der Waals surface area contributed by atoms with Crippen molar-refractivity contribution in [1.82, 2.24) is 39.8 Å². The Kier molecular flexibility index (Phi) is 31.1. The minimum atomic E-state index is -2.95. The molecule has 31 heteroatoms. The lowest BCUT2D eigenvalue weighted by Gasteiger charge is -2.35. The molecule has 2 aromatic rings. The first-order valence-corrected chi connectivity index (χ1v) is 29.9. The molecule has 3 N–H and O–H groups in total. The molecule has 0 aliphatic carbocycles. The lowest BCUT2D eigenvalue weighted by atomic mass is 9.95. The number of hydrogen-bond donors (Lipinski definition) is 3. The summed E-state index contributed by atoms with van der Waals surface area (Å²) in [5, 5.41) is 48.3. The van der Waals surface area contributed by atoms with E-state index in [1.165, 1.54) is 20.8 Å². The maximum absolute atomic E-state index is 12.8. The van der Waals surface area contributed by atoms with Crippen LogP contribution < -0.4 is 0 Å². The average Bonchev–Trinajstić information content (AvgIpc) is 4.07. The molecule has 2 fully saturated rings. The van der Waals surface area contributed by atoms with Crippen molar-refractivity contribution in [3.05, 3.63) is 23.8 Å². The summed E-state index contributed by atoms with van der Waals surface area (Å²) >= 11 is 0. The molecular weight excluding hydrogens is 1080 g/mol. The molecule has 0 saturated carbocycles. The van der Waals surface area contributed by atoms with E-state index in [2.05, 4.69) is 20.6 Å². The number of carboxylic acids is 1. The number of aliphatic carboxylic acids is 1. The molecule has 0 aromatic carbocycles. The summed E-state index contributed by atoms with van der Waals surface area (Å²) in [6.45, 7) is 12.2. The van der Waals surface area contributed by atoms with Crippen LogP contribution in [0.5, 0.6) is 0 Å². The number of ether oxygens (including phenoxy) is 11. The number of carbonyl (C=O) groups excluding carboxylic acids is 2. The van der Waals surface area contributed by atoms with E-state index in [1.54, 1.807) is 16.3 Å². The molecular formula is C47H82N8O21S2. The van der Waals surface area contributed by atoms with E-state index in [9.17, 15) is 46.5 Å². The SMILES string of the molecule is CCOC(O)C(OCC(C)C(=O)OCCOCCOCCOCCn1cc(CN2CCS(=O)(=O)CC2)nn1)C(OCC(C)C(=O)OCCOCCOCCOCCn1cc(CN2CCS(=O)(=O)CC2)nn1)C(O)C(C)C(=O)O. The smallest absolute Gasteiger partial charge is 0.311 e. The number of nitrogens with zero attached hydrogens (tertiary/aromatic N) is 8. The Morgan fingerprint density at radius 2 is 0.910 bits per heavy atom. The zero-order valence-electron chi connectivity index (χ0n) is 45.3. The van der Waals surface area contributed by atoms with E-state index < -0.39 is 79.9 Å². The minimum absolute atomic E-state index is 0.000218. The predicted octanol–water partition coefficient (Wildman–Crippen LogP) is -2.30. The Morgan fingerprint density at radius 3 is 1.28 bits per heavy atom. The number of aliphatic hydroxyl groups is 2. The van der Waals surface area contributed by atoms with E-state index in [0.29, 0.717) is 92.0 Å². The third-order valence-corrected chi connectivity index (χ3v) is 15.5. The standard InChI is InChI=1S/C47H82N8O21S2/c1-5-72-47(61)43(76-35-37(3)46(60)74-25-23-71-21-19-69-17-15-67-13-7-55-33-40(49-51-55)31-53-10-28-78(64,65)29-11-53)42(41(56)38(4)44(57)58)75-34-36(2)45(59)73-24-22-70-20-18-68-16-14-66-12-6-54-32-39(48-50-54)30-52-8-26-77(62,63)27-9-52/h32-33,36-38,41-43,47,56,61H,5-31,34-35H2,1-4H3,(H,57,58). The number of carbonyl (C=O) groups is 3. The molecule has 29 nitrogen and oxygen atoms in total. The van der Waals surface area contributed by atoms with Gasteiger partial charge in [0.25, 0.3) is 0 Å². The van der Waals surface area contributed by atoms with Crippen molar-refractivity contribution >= 4 is 37.6 Å². The summed E-state index contributed by atoms with van der Waals surface area (Å²) in [4.78, 5) is 41.7. The second-order valence-electron chi connectivity index (χ2n) is 18.7. The van der Waals surface area contributed by atoms with Gasteiger partial charge >= 0.3 is 17.9 Å². The fourth-order valence-corrected chi connectivity index (χ4v) is 10.0. The van der Waals surface area contributed by atoms with Crippen LogP contribution in [-0.2, 0) is 112 Å². The Labute approximate surface area is 456 Å². The summed E-state index contributed by atoms with van der Waals surface area (Å²) in [7, 11) is -5.89. The maximum Gasteiger partial charge on any atom is 0.311 e. The van der Waals surface area contributed by atoms with Crippen LogP contribution >= 0.6 is 0 Å². The van der Waals surface area contributed by atoms with Crippen molar-refractivity contribution in [1.29, 1.82) is 0 Å². The van der Waals surface area contributed by atoms with Crippen molar-refractivity contribution in [2.75, 3.05) is 162 Å². The van der Waals surface area contributed by atoms with E-state index in [-0.39, 0.29) is 95.7 Å². The van der Waals surface area contributed by atoms with Crippen LogP contribution in [0, 0.1) is 17.8 Å². The van der Waals surface area contributed by atoms with Gasteiger partial charge in [-0.15, -0.1) is 10.2 Å². The molecule has 2 aromatic heterocycles. The Hall–Kier alpha value is -3.93. The first-order chi connectivity index (χ1) is 37.4. The summed E-state index contributed by atoms with van der Waals surface area (Å²) in [6.07, 6.45) is -2.94. The van der Waals surface area contributed by atoms with Crippen LogP contribution in [0.2, 0.25) is 0 Å². The summed E-state index contributed by atoms with van der Waals surface area (Å²) < 4.78 is 111. The molecule has 4 rings (SSSR count). The topological polar surface area (TPSA) is 350 Å². The molecule has 2 saturated heterocycles. The number of aromatic nitrogens is 6. The fourth-order valence-electron chi connectivity index (χ4n) is 7.47. The van der Waals surface area contributed by atoms with E-state index in [1.807, 2.05) is 22.2 Å². The monoisotopic (exact) mass is 1160 g/mol.